The summed E-state index contributed by atoms with van der Waals surface area (Å²) in [5.41, 5.74) is 1.57. The van der Waals surface area contributed by atoms with Crippen LogP contribution in [0.1, 0.15) is 51.5 Å². The van der Waals surface area contributed by atoms with Gasteiger partial charge in [-0.3, -0.25) is 15.0 Å². The second kappa shape index (κ2) is 8.21. The number of imide groups is 1. The molecule has 2 saturated heterocycles. The maximum absolute atomic E-state index is 12.3. The number of ether oxygens (including phenoxy) is 1. The van der Waals surface area contributed by atoms with E-state index in [1.165, 1.54) is 5.56 Å². The highest BCUT2D eigenvalue weighted by atomic mass is 16.6. The highest BCUT2D eigenvalue weighted by Gasteiger charge is 2.28. The van der Waals surface area contributed by atoms with Crippen molar-refractivity contribution in [2.75, 3.05) is 24.5 Å². The minimum Gasteiger partial charge on any atom is -0.444 e. The zero-order valence-corrected chi connectivity index (χ0v) is 18.3. The fourth-order valence-corrected chi connectivity index (χ4v) is 4.29. The molecule has 2 fully saturated rings. The molecule has 0 radical (unpaired) electrons. The highest BCUT2D eigenvalue weighted by Crippen LogP contribution is 2.34. The van der Waals surface area contributed by atoms with Crippen molar-refractivity contribution in [3.05, 3.63) is 42.0 Å². The third-order valence-electron chi connectivity index (χ3n) is 5.84. The second-order valence-corrected chi connectivity index (χ2v) is 9.25. The van der Waals surface area contributed by atoms with Gasteiger partial charge in [-0.15, -0.1) is 0 Å². The van der Waals surface area contributed by atoms with Gasteiger partial charge in [-0.25, -0.2) is 9.59 Å². The SMILES string of the molecule is CC(C)(C)OC(=O)N1CCC(c2ccc3c(N4CCC(=O)NC4=O)cccc3c2)CC1. The van der Waals surface area contributed by atoms with Crippen LogP contribution in [0.15, 0.2) is 36.4 Å². The topological polar surface area (TPSA) is 79.0 Å². The van der Waals surface area contributed by atoms with Gasteiger partial charge >= 0.3 is 12.1 Å². The number of piperidine rings is 1. The lowest BCUT2D eigenvalue weighted by Gasteiger charge is -2.33. The summed E-state index contributed by atoms with van der Waals surface area (Å²) in [7, 11) is 0. The Morgan fingerprint density at radius 3 is 2.48 bits per heavy atom. The van der Waals surface area contributed by atoms with Crippen molar-refractivity contribution in [2.45, 2.75) is 51.6 Å². The average Bonchev–Trinajstić information content (AvgIpc) is 2.72. The van der Waals surface area contributed by atoms with E-state index >= 15 is 0 Å². The summed E-state index contributed by atoms with van der Waals surface area (Å²) in [5, 5.41) is 4.44. The van der Waals surface area contributed by atoms with Crippen molar-refractivity contribution in [1.82, 2.24) is 10.2 Å². The number of amides is 4. The molecular weight excluding hydrogens is 394 g/mol. The fourth-order valence-electron chi connectivity index (χ4n) is 4.29. The Kier molecular flexibility index (Phi) is 5.60. The third kappa shape index (κ3) is 4.65. The molecule has 0 atom stereocenters. The molecule has 7 heteroatoms. The zero-order chi connectivity index (χ0) is 22.2. The van der Waals surface area contributed by atoms with Gasteiger partial charge in [0.05, 0.1) is 5.69 Å². The van der Waals surface area contributed by atoms with Gasteiger partial charge < -0.3 is 9.64 Å². The largest absolute Gasteiger partial charge is 0.444 e. The summed E-state index contributed by atoms with van der Waals surface area (Å²) >= 11 is 0. The third-order valence-corrected chi connectivity index (χ3v) is 5.84. The average molecular weight is 424 g/mol. The first-order valence-electron chi connectivity index (χ1n) is 10.8. The van der Waals surface area contributed by atoms with Gasteiger partial charge in [0.1, 0.15) is 5.60 Å². The van der Waals surface area contributed by atoms with E-state index in [-0.39, 0.29) is 18.0 Å². The van der Waals surface area contributed by atoms with Crippen LogP contribution in [0.5, 0.6) is 0 Å². The van der Waals surface area contributed by atoms with Crippen LogP contribution >= 0.6 is 0 Å². The van der Waals surface area contributed by atoms with Crippen molar-refractivity contribution < 1.29 is 19.1 Å². The van der Waals surface area contributed by atoms with Gasteiger partial charge in [0.15, 0.2) is 0 Å². The van der Waals surface area contributed by atoms with Crippen molar-refractivity contribution >= 4 is 34.5 Å². The van der Waals surface area contributed by atoms with Gasteiger partial charge in [0.2, 0.25) is 5.91 Å². The first-order valence-corrected chi connectivity index (χ1v) is 10.8. The van der Waals surface area contributed by atoms with E-state index in [2.05, 4.69) is 23.5 Å². The van der Waals surface area contributed by atoms with Crippen molar-refractivity contribution in [3.63, 3.8) is 0 Å². The molecule has 0 spiro atoms. The van der Waals surface area contributed by atoms with Gasteiger partial charge in [-0.05, 0) is 56.5 Å². The summed E-state index contributed by atoms with van der Waals surface area (Å²) in [4.78, 5) is 39.5. The van der Waals surface area contributed by atoms with Crippen molar-refractivity contribution in [2.24, 2.45) is 0 Å². The summed E-state index contributed by atoms with van der Waals surface area (Å²) in [6, 6.07) is 11.9. The normalized spacial score (nSPS) is 18.3. The summed E-state index contributed by atoms with van der Waals surface area (Å²) in [6.07, 6.45) is 1.84. The van der Waals surface area contributed by atoms with Gasteiger partial charge in [-0.2, -0.15) is 0 Å². The van der Waals surface area contributed by atoms with Gasteiger partial charge in [0.25, 0.3) is 0 Å². The minimum atomic E-state index is -0.484. The van der Waals surface area contributed by atoms with Crippen LogP contribution in [0.2, 0.25) is 0 Å². The van der Waals surface area contributed by atoms with Crippen LogP contribution < -0.4 is 10.2 Å². The fraction of sp³-hybridized carbons (Fsp3) is 0.458. The van der Waals surface area contributed by atoms with Gasteiger partial charge in [-0.1, -0.05) is 30.3 Å². The number of anilines is 1. The van der Waals surface area contributed by atoms with Gasteiger partial charge in [0, 0.05) is 31.4 Å². The van der Waals surface area contributed by atoms with Crippen LogP contribution in [0.4, 0.5) is 15.3 Å². The number of urea groups is 1. The molecule has 2 aromatic rings. The molecule has 31 heavy (non-hydrogen) atoms. The predicted octanol–water partition coefficient (Wildman–Crippen LogP) is 4.40. The van der Waals surface area contributed by atoms with E-state index in [9.17, 15) is 14.4 Å². The Morgan fingerprint density at radius 2 is 1.81 bits per heavy atom. The molecule has 7 nitrogen and oxygen atoms in total. The molecule has 2 aliphatic heterocycles. The number of likely N-dealkylation sites (tertiary alicyclic amines) is 1. The van der Waals surface area contributed by atoms with Crippen LogP contribution in [0, 0.1) is 0 Å². The number of carbonyl (C=O) groups excluding carboxylic acids is 3. The monoisotopic (exact) mass is 423 g/mol. The van der Waals surface area contributed by atoms with Crippen LogP contribution in [0.3, 0.4) is 0 Å². The standard InChI is InChI=1S/C24H29N3O4/c1-24(2,3)31-23(30)26-12-9-16(10-13-26)17-7-8-19-18(15-17)5-4-6-20(19)27-14-11-21(28)25-22(27)29/h4-8,15-16H,9-14H2,1-3H3,(H,25,28,29). The Hall–Kier alpha value is -3.09. The first kappa shape index (κ1) is 21.2. The Bertz CT molecular complexity index is 1020. The Labute approximate surface area is 182 Å². The lowest BCUT2D eigenvalue weighted by atomic mass is 9.88. The molecular formula is C24H29N3O4. The second-order valence-electron chi connectivity index (χ2n) is 9.25. The number of benzene rings is 2. The lowest BCUT2D eigenvalue weighted by Crippen LogP contribution is -2.49. The molecule has 4 amide bonds. The smallest absolute Gasteiger partial charge is 0.410 e. The molecule has 4 rings (SSSR count). The predicted molar refractivity (Wildman–Crippen MR) is 119 cm³/mol. The van der Waals surface area contributed by atoms with Crippen molar-refractivity contribution in [3.8, 4) is 0 Å². The van der Waals surface area contributed by atoms with Crippen molar-refractivity contribution in [1.29, 1.82) is 0 Å². The summed E-state index contributed by atoms with van der Waals surface area (Å²) < 4.78 is 5.49. The number of nitrogens with one attached hydrogen (secondary N) is 1. The van der Waals surface area contributed by atoms with E-state index in [0.717, 1.165) is 29.3 Å². The quantitative estimate of drug-likeness (QED) is 0.776. The number of carbonyl (C=O) groups is 3. The molecule has 0 aromatic heterocycles. The minimum absolute atomic E-state index is 0.235. The highest BCUT2D eigenvalue weighted by molar-refractivity contribution is 6.10. The molecule has 2 heterocycles. The number of hydrogen-bond donors (Lipinski definition) is 1. The number of nitrogens with zero attached hydrogens (tertiary/aromatic N) is 2. The maximum atomic E-state index is 12.3. The Morgan fingerprint density at radius 1 is 1.06 bits per heavy atom. The van der Waals surface area contributed by atoms with E-state index < -0.39 is 5.60 Å². The molecule has 2 aliphatic rings. The van der Waals surface area contributed by atoms with Crippen LogP contribution in [-0.4, -0.2) is 48.2 Å². The molecule has 1 N–H and O–H groups in total. The molecule has 0 bridgehead atoms. The Balaban J connectivity index is 1.49. The molecule has 164 valence electrons. The van der Waals surface area contributed by atoms with E-state index in [1.807, 2.05) is 39.0 Å². The van der Waals surface area contributed by atoms with E-state index in [0.29, 0.717) is 32.0 Å². The zero-order valence-electron chi connectivity index (χ0n) is 18.3. The summed E-state index contributed by atoms with van der Waals surface area (Å²) in [5.74, 6) is 0.143. The number of rotatable bonds is 2. The molecule has 0 aliphatic carbocycles. The number of fused-ring (bicyclic) bond motifs is 1. The van der Waals surface area contributed by atoms with Crippen LogP contribution in [-0.2, 0) is 9.53 Å². The molecule has 0 saturated carbocycles. The molecule has 0 unspecified atom stereocenters. The number of hydrogen-bond acceptors (Lipinski definition) is 4. The van der Waals surface area contributed by atoms with E-state index in [1.54, 1.807) is 9.80 Å². The summed E-state index contributed by atoms with van der Waals surface area (Å²) in [6.45, 7) is 7.39. The van der Waals surface area contributed by atoms with Crippen LogP contribution in [0.25, 0.3) is 10.8 Å². The maximum Gasteiger partial charge on any atom is 0.410 e. The van der Waals surface area contributed by atoms with E-state index in [4.69, 9.17) is 4.74 Å². The molecule has 2 aromatic carbocycles. The lowest BCUT2D eigenvalue weighted by molar-refractivity contribution is -0.120. The first-order chi connectivity index (χ1) is 14.7.